The monoisotopic (exact) mass is 461 g/mol. The lowest BCUT2D eigenvalue weighted by atomic mass is 9.84. The minimum Gasteiger partial charge on any atom is -0.352 e. The largest absolute Gasteiger partial charge is 0.352 e. The van der Waals surface area contributed by atoms with Crippen LogP contribution in [-0.2, 0) is 11.3 Å². The highest BCUT2D eigenvalue weighted by Gasteiger charge is 2.34. The van der Waals surface area contributed by atoms with Gasteiger partial charge in [-0.3, -0.25) is 4.79 Å². The first kappa shape index (κ1) is 22.9. The molecular formula is C27H28ClN3O2. The third-order valence-electron chi connectivity index (χ3n) is 6.00. The van der Waals surface area contributed by atoms with Crippen LogP contribution in [-0.4, -0.2) is 29.9 Å². The quantitative estimate of drug-likeness (QED) is 0.519. The van der Waals surface area contributed by atoms with E-state index < -0.39 is 0 Å². The van der Waals surface area contributed by atoms with Gasteiger partial charge >= 0.3 is 6.03 Å². The summed E-state index contributed by atoms with van der Waals surface area (Å²) in [5.41, 5.74) is 3.99. The molecule has 3 amide bonds. The summed E-state index contributed by atoms with van der Waals surface area (Å²) in [6, 6.07) is 25.0. The second kappa shape index (κ2) is 10.5. The molecule has 6 heteroatoms. The first-order valence-corrected chi connectivity index (χ1v) is 11.6. The molecule has 0 spiro atoms. The average Bonchev–Trinajstić information content (AvgIpc) is 2.83. The van der Waals surface area contributed by atoms with E-state index in [1.807, 2.05) is 43.3 Å². The molecule has 5 nitrogen and oxygen atoms in total. The van der Waals surface area contributed by atoms with Gasteiger partial charge in [-0.15, -0.1) is 0 Å². The van der Waals surface area contributed by atoms with Crippen LogP contribution < -0.4 is 10.6 Å². The van der Waals surface area contributed by atoms with E-state index >= 15 is 0 Å². The maximum atomic E-state index is 13.1. The summed E-state index contributed by atoms with van der Waals surface area (Å²) in [5.74, 6) is -0.239. The van der Waals surface area contributed by atoms with Crippen LogP contribution in [0, 0.1) is 12.8 Å². The van der Waals surface area contributed by atoms with E-state index in [1.54, 1.807) is 29.2 Å². The molecule has 1 heterocycles. The lowest BCUT2D eigenvalue weighted by Gasteiger charge is -2.37. The number of amides is 3. The van der Waals surface area contributed by atoms with Gasteiger partial charge in [0.25, 0.3) is 0 Å². The van der Waals surface area contributed by atoms with Gasteiger partial charge in [0.2, 0.25) is 5.91 Å². The van der Waals surface area contributed by atoms with Crippen molar-refractivity contribution in [2.45, 2.75) is 25.8 Å². The molecule has 0 saturated carbocycles. The summed E-state index contributed by atoms with van der Waals surface area (Å²) in [6.07, 6.45) is 0.699. The number of urea groups is 1. The standard InChI is InChI=1S/C27H28ClN3O2/c1-19-7-5-8-20(13-19)16-29-26(32)23-14-22(21-9-3-2-4-10-21)17-31(18-23)27(33)30-25-12-6-11-24(28)15-25/h2-13,15,22-23H,14,16-18H2,1H3,(H,29,32)(H,30,33). The van der Waals surface area contributed by atoms with Crippen LogP contribution in [0.25, 0.3) is 0 Å². The first-order chi connectivity index (χ1) is 16.0. The Morgan fingerprint density at radius 2 is 1.76 bits per heavy atom. The van der Waals surface area contributed by atoms with E-state index in [0.717, 1.165) is 16.7 Å². The van der Waals surface area contributed by atoms with Crippen LogP contribution in [0.3, 0.4) is 0 Å². The van der Waals surface area contributed by atoms with Crippen LogP contribution in [0.5, 0.6) is 0 Å². The molecular weight excluding hydrogens is 434 g/mol. The zero-order chi connectivity index (χ0) is 23.2. The number of likely N-dealkylation sites (tertiary alicyclic amines) is 1. The van der Waals surface area contributed by atoms with E-state index in [4.69, 9.17) is 11.6 Å². The molecule has 3 aromatic carbocycles. The van der Waals surface area contributed by atoms with Gasteiger partial charge in [0.05, 0.1) is 5.92 Å². The van der Waals surface area contributed by atoms with Gasteiger partial charge in [0.1, 0.15) is 0 Å². The van der Waals surface area contributed by atoms with Crippen LogP contribution in [0.15, 0.2) is 78.9 Å². The highest BCUT2D eigenvalue weighted by molar-refractivity contribution is 6.30. The number of nitrogens with zero attached hydrogens (tertiary/aromatic N) is 1. The number of hydrogen-bond donors (Lipinski definition) is 2. The Hall–Kier alpha value is -3.31. The fourth-order valence-electron chi connectivity index (χ4n) is 4.35. The van der Waals surface area contributed by atoms with Crippen molar-refractivity contribution in [1.29, 1.82) is 0 Å². The zero-order valence-electron chi connectivity index (χ0n) is 18.6. The summed E-state index contributed by atoms with van der Waals surface area (Å²) < 4.78 is 0. The van der Waals surface area contributed by atoms with Crippen molar-refractivity contribution in [3.63, 3.8) is 0 Å². The van der Waals surface area contributed by atoms with E-state index in [0.29, 0.717) is 36.8 Å². The van der Waals surface area contributed by atoms with Crippen molar-refractivity contribution in [1.82, 2.24) is 10.2 Å². The van der Waals surface area contributed by atoms with Crippen LogP contribution >= 0.6 is 11.6 Å². The second-order valence-corrected chi connectivity index (χ2v) is 9.03. The van der Waals surface area contributed by atoms with Crippen molar-refractivity contribution < 1.29 is 9.59 Å². The molecule has 0 bridgehead atoms. The van der Waals surface area contributed by atoms with Crippen LogP contribution in [0.2, 0.25) is 5.02 Å². The smallest absolute Gasteiger partial charge is 0.321 e. The van der Waals surface area contributed by atoms with Gasteiger partial charge < -0.3 is 15.5 Å². The van der Waals surface area contributed by atoms with Crippen molar-refractivity contribution in [3.8, 4) is 0 Å². The molecule has 170 valence electrons. The topological polar surface area (TPSA) is 61.4 Å². The maximum Gasteiger partial charge on any atom is 0.321 e. The molecule has 1 saturated heterocycles. The van der Waals surface area contributed by atoms with E-state index in [9.17, 15) is 9.59 Å². The molecule has 1 fully saturated rings. The number of carbonyl (C=O) groups excluding carboxylic acids is 2. The lowest BCUT2D eigenvalue weighted by molar-refractivity contribution is -0.126. The third kappa shape index (κ3) is 6.14. The van der Waals surface area contributed by atoms with Crippen molar-refractivity contribution in [2.24, 2.45) is 5.92 Å². The fraction of sp³-hybridized carbons (Fsp3) is 0.259. The number of aryl methyl sites for hydroxylation is 1. The van der Waals surface area contributed by atoms with Gasteiger partial charge in [0, 0.05) is 36.3 Å². The molecule has 2 atom stereocenters. The number of carbonyl (C=O) groups is 2. The SMILES string of the molecule is Cc1cccc(CNC(=O)C2CC(c3ccccc3)CN(C(=O)Nc3cccc(Cl)c3)C2)c1. The number of anilines is 1. The molecule has 33 heavy (non-hydrogen) atoms. The third-order valence-corrected chi connectivity index (χ3v) is 6.24. The number of rotatable bonds is 5. The molecule has 2 N–H and O–H groups in total. The van der Waals surface area contributed by atoms with Crippen LogP contribution in [0.4, 0.5) is 10.5 Å². The van der Waals surface area contributed by atoms with Crippen LogP contribution in [0.1, 0.15) is 29.0 Å². The molecule has 0 radical (unpaired) electrons. The average molecular weight is 462 g/mol. The Morgan fingerprint density at radius 3 is 2.52 bits per heavy atom. The van der Waals surface area contributed by atoms with Gasteiger partial charge in [0.15, 0.2) is 0 Å². The van der Waals surface area contributed by atoms with Gasteiger partial charge in [-0.25, -0.2) is 4.79 Å². The molecule has 2 unspecified atom stereocenters. The highest BCUT2D eigenvalue weighted by Crippen LogP contribution is 2.31. The summed E-state index contributed by atoms with van der Waals surface area (Å²) >= 11 is 6.06. The number of nitrogens with one attached hydrogen (secondary N) is 2. The molecule has 0 aliphatic carbocycles. The number of hydrogen-bond acceptors (Lipinski definition) is 2. The van der Waals surface area contributed by atoms with Gasteiger partial charge in [-0.2, -0.15) is 0 Å². The Labute approximate surface area is 199 Å². The second-order valence-electron chi connectivity index (χ2n) is 8.59. The van der Waals surface area contributed by atoms with E-state index in [1.165, 1.54) is 0 Å². The predicted octanol–water partition coefficient (Wildman–Crippen LogP) is 5.60. The summed E-state index contributed by atoms with van der Waals surface area (Å²) in [7, 11) is 0. The summed E-state index contributed by atoms with van der Waals surface area (Å²) in [6.45, 7) is 3.43. The zero-order valence-corrected chi connectivity index (χ0v) is 19.4. The molecule has 0 aromatic heterocycles. The molecule has 1 aliphatic heterocycles. The van der Waals surface area contributed by atoms with E-state index in [2.05, 4.69) is 28.8 Å². The highest BCUT2D eigenvalue weighted by atomic mass is 35.5. The van der Waals surface area contributed by atoms with Crippen molar-refractivity contribution in [2.75, 3.05) is 18.4 Å². The van der Waals surface area contributed by atoms with Crippen molar-refractivity contribution >= 4 is 29.2 Å². The lowest BCUT2D eigenvalue weighted by Crippen LogP contribution is -2.49. The summed E-state index contributed by atoms with van der Waals surface area (Å²) in [4.78, 5) is 27.9. The summed E-state index contributed by atoms with van der Waals surface area (Å²) in [5, 5.41) is 6.55. The maximum absolute atomic E-state index is 13.1. The number of piperidine rings is 1. The normalized spacial score (nSPS) is 17.9. The van der Waals surface area contributed by atoms with Gasteiger partial charge in [-0.1, -0.05) is 77.8 Å². The Kier molecular flexibility index (Phi) is 7.30. The number of benzene rings is 3. The molecule has 3 aromatic rings. The minimum atomic E-state index is -0.293. The Bertz CT molecular complexity index is 1120. The predicted molar refractivity (Wildman–Crippen MR) is 132 cm³/mol. The number of halogens is 1. The Morgan fingerprint density at radius 1 is 0.970 bits per heavy atom. The fourth-order valence-corrected chi connectivity index (χ4v) is 4.54. The van der Waals surface area contributed by atoms with E-state index in [-0.39, 0.29) is 23.8 Å². The molecule has 4 rings (SSSR count). The minimum absolute atomic E-state index is 0.0299. The van der Waals surface area contributed by atoms with Gasteiger partial charge in [-0.05, 0) is 42.7 Å². The first-order valence-electron chi connectivity index (χ1n) is 11.2. The van der Waals surface area contributed by atoms with Crippen molar-refractivity contribution in [3.05, 3.63) is 101 Å². The molecule has 1 aliphatic rings. The Balaban J connectivity index is 1.48.